The molecule has 1 atom stereocenters. The Hall–Kier alpha value is -0.450. The van der Waals surface area contributed by atoms with E-state index in [2.05, 4.69) is 0 Å². The largest absolute Gasteiger partial charge is 0.319 e. The topological polar surface area (TPSA) is 26.0 Å². The van der Waals surface area contributed by atoms with Crippen LogP contribution in [0.5, 0.6) is 0 Å². The Morgan fingerprint density at radius 1 is 1.21 bits per heavy atom. The lowest BCUT2D eigenvalue weighted by molar-refractivity contribution is 0.115. The van der Waals surface area contributed by atoms with Gasteiger partial charge in [0.2, 0.25) is 0 Å². The summed E-state index contributed by atoms with van der Waals surface area (Å²) in [5, 5.41) is -0.265. The zero-order chi connectivity index (χ0) is 10.9. The molecule has 0 bridgehead atoms. The lowest BCUT2D eigenvalue weighted by atomic mass is 10.1. The molecule has 0 aliphatic carbocycles. The molecule has 0 aliphatic rings. The molecule has 1 aromatic carbocycles. The molecule has 0 saturated heterocycles. The quantitative estimate of drug-likeness (QED) is 0.792. The first-order chi connectivity index (χ1) is 6.45. The standard InChI is InChI=1S/C8H6Cl2F3N/c9-3-1-2-4(11)5(6(3)10)7(14)8(12)13/h1-2,7-8H,14H2/t7-/m0/s1. The summed E-state index contributed by atoms with van der Waals surface area (Å²) >= 11 is 11.1. The van der Waals surface area contributed by atoms with Crippen LogP contribution < -0.4 is 5.73 Å². The van der Waals surface area contributed by atoms with E-state index in [1.54, 1.807) is 0 Å². The third-order valence-electron chi connectivity index (χ3n) is 1.68. The van der Waals surface area contributed by atoms with Crippen molar-refractivity contribution in [3.63, 3.8) is 0 Å². The van der Waals surface area contributed by atoms with Crippen LogP contribution in [-0.2, 0) is 0 Å². The molecule has 0 radical (unpaired) electrons. The Labute approximate surface area is 88.6 Å². The van der Waals surface area contributed by atoms with Crippen molar-refractivity contribution in [1.82, 2.24) is 0 Å². The molecule has 0 saturated carbocycles. The molecule has 1 nitrogen and oxygen atoms in total. The van der Waals surface area contributed by atoms with Gasteiger partial charge in [0.05, 0.1) is 16.1 Å². The predicted molar refractivity (Wildman–Crippen MR) is 49.4 cm³/mol. The van der Waals surface area contributed by atoms with E-state index >= 15 is 0 Å². The Morgan fingerprint density at radius 2 is 1.79 bits per heavy atom. The highest BCUT2D eigenvalue weighted by atomic mass is 35.5. The molecule has 0 spiro atoms. The molecule has 14 heavy (non-hydrogen) atoms. The van der Waals surface area contributed by atoms with Gasteiger partial charge in [0.25, 0.3) is 6.43 Å². The van der Waals surface area contributed by atoms with Gasteiger partial charge in [-0.1, -0.05) is 23.2 Å². The van der Waals surface area contributed by atoms with E-state index in [0.717, 1.165) is 6.07 Å². The summed E-state index contributed by atoms with van der Waals surface area (Å²) < 4.78 is 37.5. The number of alkyl halides is 2. The molecular weight excluding hydrogens is 238 g/mol. The normalized spacial score (nSPS) is 13.4. The summed E-state index contributed by atoms with van der Waals surface area (Å²) in [4.78, 5) is 0. The van der Waals surface area contributed by atoms with E-state index in [1.165, 1.54) is 6.07 Å². The van der Waals surface area contributed by atoms with Gasteiger partial charge in [0.15, 0.2) is 0 Å². The van der Waals surface area contributed by atoms with Crippen LogP contribution in [0.3, 0.4) is 0 Å². The van der Waals surface area contributed by atoms with Crippen LogP contribution in [0.4, 0.5) is 13.2 Å². The van der Waals surface area contributed by atoms with Gasteiger partial charge in [-0.2, -0.15) is 0 Å². The van der Waals surface area contributed by atoms with Crippen LogP contribution in [0, 0.1) is 5.82 Å². The maximum absolute atomic E-state index is 13.1. The van der Waals surface area contributed by atoms with Crippen LogP contribution in [0.2, 0.25) is 10.0 Å². The summed E-state index contributed by atoms with van der Waals surface area (Å²) in [6.07, 6.45) is -2.89. The Balaban J connectivity index is 3.25. The molecular formula is C8H6Cl2F3N. The minimum Gasteiger partial charge on any atom is -0.319 e. The first-order valence-electron chi connectivity index (χ1n) is 3.62. The molecule has 0 unspecified atom stereocenters. The third-order valence-corrected chi connectivity index (χ3v) is 2.50. The third kappa shape index (κ3) is 2.13. The highest BCUT2D eigenvalue weighted by molar-refractivity contribution is 6.42. The van der Waals surface area contributed by atoms with Crippen molar-refractivity contribution >= 4 is 23.2 Å². The van der Waals surface area contributed by atoms with E-state index < -0.39 is 23.8 Å². The van der Waals surface area contributed by atoms with Crippen LogP contribution in [0.25, 0.3) is 0 Å². The second-order valence-electron chi connectivity index (χ2n) is 2.62. The average Bonchev–Trinajstić information content (AvgIpc) is 2.12. The minimum absolute atomic E-state index is 0.000772. The van der Waals surface area contributed by atoms with Crippen molar-refractivity contribution in [3.8, 4) is 0 Å². The Kier molecular flexibility index (Phi) is 3.64. The molecule has 0 aromatic heterocycles. The van der Waals surface area contributed by atoms with Gasteiger partial charge >= 0.3 is 0 Å². The molecule has 2 N–H and O–H groups in total. The molecule has 78 valence electrons. The first kappa shape index (κ1) is 11.6. The van der Waals surface area contributed by atoms with Crippen LogP contribution in [0.15, 0.2) is 12.1 Å². The van der Waals surface area contributed by atoms with E-state index in [9.17, 15) is 13.2 Å². The Morgan fingerprint density at radius 3 is 2.29 bits per heavy atom. The summed E-state index contributed by atoms with van der Waals surface area (Å²) in [6.45, 7) is 0. The highest BCUT2D eigenvalue weighted by Gasteiger charge is 2.24. The van der Waals surface area contributed by atoms with Gasteiger partial charge in [0.1, 0.15) is 5.82 Å². The van der Waals surface area contributed by atoms with Gasteiger partial charge in [-0.3, -0.25) is 0 Å². The van der Waals surface area contributed by atoms with Gasteiger partial charge in [-0.15, -0.1) is 0 Å². The SMILES string of the molecule is N[C@@H](c1c(F)ccc(Cl)c1Cl)C(F)F. The fourth-order valence-electron chi connectivity index (χ4n) is 0.974. The van der Waals surface area contributed by atoms with Crippen molar-refractivity contribution in [1.29, 1.82) is 0 Å². The fraction of sp³-hybridized carbons (Fsp3) is 0.250. The van der Waals surface area contributed by atoms with E-state index in [4.69, 9.17) is 28.9 Å². The van der Waals surface area contributed by atoms with E-state index in [1.807, 2.05) is 0 Å². The number of nitrogens with two attached hydrogens (primary N) is 1. The van der Waals surface area contributed by atoms with Gasteiger partial charge in [0, 0.05) is 5.56 Å². The molecule has 0 aliphatic heterocycles. The monoisotopic (exact) mass is 243 g/mol. The number of halogens is 5. The van der Waals surface area contributed by atoms with Crippen LogP contribution in [-0.4, -0.2) is 6.43 Å². The molecule has 1 rings (SSSR count). The van der Waals surface area contributed by atoms with Gasteiger partial charge in [-0.05, 0) is 12.1 Å². The summed E-state index contributed by atoms with van der Waals surface area (Å²) in [5.74, 6) is -0.882. The van der Waals surface area contributed by atoms with E-state index in [-0.39, 0.29) is 10.0 Å². The molecule has 0 amide bonds. The van der Waals surface area contributed by atoms with Crippen molar-refractivity contribution in [2.75, 3.05) is 0 Å². The second kappa shape index (κ2) is 4.38. The van der Waals surface area contributed by atoms with Crippen LogP contribution in [0.1, 0.15) is 11.6 Å². The highest BCUT2D eigenvalue weighted by Crippen LogP contribution is 2.33. The smallest absolute Gasteiger partial charge is 0.257 e. The summed E-state index contributed by atoms with van der Waals surface area (Å²) in [7, 11) is 0. The average molecular weight is 244 g/mol. The van der Waals surface area contributed by atoms with Gasteiger partial charge in [-0.25, -0.2) is 13.2 Å². The predicted octanol–water partition coefficient (Wildman–Crippen LogP) is 3.40. The zero-order valence-electron chi connectivity index (χ0n) is 6.78. The number of hydrogen-bond acceptors (Lipinski definition) is 1. The van der Waals surface area contributed by atoms with E-state index in [0.29, 0.717) is 0 Å². The fourth-order valence-corrected chi connectivity index (χ4v) is 1.42. The summed E-state index contributed by atoms with van der Waals surface area (Å²) in [5.41, 5.74) is 4.63. The van der Waals surface area contributed by atoms with Gasteiger partial charge < -0.3 is 5.73 Å². The van der Waals surface area contributed by atoms with Crippen molar-refractivity contribution in [2.45, 2.75) is 12.5 Å². The first-order valence-corrected chi connectivity index (χ1v) is 4.38. The second-order valence-corrected chi connectivity index (χ2v) is 3.40. The maximum Gasteiger partial charge on any atom is 0.257 e. The van der Waals surface area contributed by atoms with Crippen molar-refractivity contribution in [3.05, 3.63) is 33.6 Å². The number of hydrogen-bond donors (Lipinski definition) is 1. The molecule has 0 fully saturated rings. The number of benzene rings is 1. The molecule has 6 heteroatoms. The lowest BCUT2D eigenvalue weighted by Crippen LogP contribution is -2.20. The lowest BCUT2D eigenvalue weighted by Gasteiger charge is -2.14. The molecule has 1 aromatic rings. The van der Waals surface area contributed by atoms with Crippen LogP contribution >= 0.6 is 23.2 Å². The maximum atomic E-state index is 13.1. The van der Waals surface area contributed by atoms with Crippen molar-refractivity contribution in [2.24, 2.45) is 5.73 Å². The number of rotatable bonds is 2. The zero-order valence-corrected chi connectivity index (χ0v) is 8.29. The Bertz CT molecular complexity index is 344. The molecule has 0 heterocycles. The summed E-state index contributed by atoms with van der Waals surface area (Å²) in [6, 6.07) is 0.369. The minimum atomic E-state index is -2.89. The van der Waals surface area contributed by atoms with Crippen molar-refractivity contribution < 1.29 is 13.2 Å².